The summed E-state index contributed by atoms with van der Waals surface area (Å²) in [6, 6.07) is 5.98. The summed E-state index contributed by atoms with van der Waals surface area (Å²) in [6.45, 7) is 4.51. The Kier molecular flexibility index (Phi) is 4.09. The van der Waals surface area contributed by atoms with E-state index >= 15 is 0 Å². The van der Waals surface area contributed by atoms with Gasteiger partial charge in [0.2, 0.25) is 0 Å². The van der Waals surface area contributed by atoms with Crippen molar-refractivity contribution in [1.29, 1.82) is 0 Å². The van der Waals surface area contributed by atoms with Crippen molar-refractivity contribution in [2.24, 2.45) is 18.9 Å². The molecule has 1 fully saturated rings. The zero-order chi connectivity index (χ0) is 18.6. The molecule has 0 spiro atoms. The molecular weight excluding hydrogens is 336 g/mol. The monoisotopic (exact) mass is 359 g/mol. The molecule has 1 amide bonds. The number of alkyl halides is 2. The highest BCUT2D eigenvalue weighted by Crippen LogP contribution is 2.61. The zero-order valence-corrected chi connectivity index (χ0v) is 15.2. The van der Waals surface area contributed by atoms with Crippen molar-refractivity contribution in [3.63, 3.8) is 0 Å². The Balaban J connectivity index is 1.67. The van der Waals surface area contributed by atoms with Crippen molar-refractivity contribution < 1.29 is 13.6 Å². The van der Waals surface area contributed by atoms with Gasteiger partial charge in [-0.3, -0.25) is 9.48 Å². The Hall–Kier alpha value is -2.24. The Morgan fingerprint density at radius 2 is 2.00 bits per heavy atom. The number of rotatable bonds is 4. The van der Waals surface area contributed by atoms with Crippen molar-refractivity contribution in [1.82, 2.24) is 9.78 Å². The van der Waals surface area contributed by atoms with Crippen molar-refractivity contribution in [3.05, 3.63) is 46.8 Å². The predicted molar refractivity (Wildman–Crippen MR) is 95.6 cm³/mol. The molecule has 26 heavy (non-hydrogen) atoms. The third-order valence-corrected chi connectivity index (χ3v) is 5.95. The van der Waals surface area contributed by atoms with Gasteiger partial charge in [0.15, 0.2) is 0 Å². The summed E-state index contributed by atoms with van der Waals surface area (Å²) in [4.78, 5) is 12.7. The number of aryl methyl sites for hydroxylation is 1. The Labute approximate surface area is 151 Å². The summed E-state index contributed by atoms with van der Waals surface area (Å²) in [5.74, 6) is 1.63. The summed E-state index contributed by atoms with van der Waals surface area (Å²) >= 11 is 0. The zero-order valence-electron chi connectivity index (χ0n) is 15.2. The molecule has 0 radical (unpaired) electrons. The molecule has 4 rings (SSSR count). The standard InChI is InChI=1S/C20H23F2N3O/c1-10(2)16-12-7-8-13(16)17-11(12)5-4-6-15(17)23-20(26)14-9-25(3)24-18(14)19(21)22/h4-6,9-10,12-13,16,19H,7-8H2,1-3H3,(H,23,26)/t12-,13+,16+/m0/s1. The minimum atomic E-state index is -2.78. The minimum absolute atomic E-state index is 0.0660. The summed E-state index contributed by atoms with van der Waals surface area (Å²) in [6.07, 6.45) is 0.890. The largest absolute Gasteiger partial charge is 0.322 e. The topological polar surface area (TPSA) is 46.9 Å². The van der Waals surface area contributed by atoms with Crippen LogP contribution in [-0.2, 0) is 7.05 Å². The van der Waals surface area contributed by atoms with Crippen molar-refractivity contribution >= 4 is 11.6 Å². The Morgan fingerprint density at radius 1 is 1.27 bits per heavy atom. The number of hydrogen-bond acceptors (Lipinski definition) is 2. The van der Waals surface area contributed by atoms with Crippen LogP contribution < -0.4 is 5.32 Å². The van der Waals surface area contributed by atoms with Crippen LogP contribution in [0.15, 0.2) is 24.4 Å². The molecule has 1 saturated carbocycles. The number of nitrogens with one attached hydrogen (secondary N) is 1. The van der Waals surface area contributed by atoms with Gasteiger partial charge >= 0.3 is 0 Å². The first-order valence-electron chi connectivity index (χ1n) is 9.14. The second-order valence-corrected chi connectivity index (χ2v) is 7.78. The molecule has 1 heterocycles. The molecule has 2 aliphatic rings. The number of hydrogen-bond donors (Lipinski definition) is 1. The van der Waals surface area contributed by atoms with E-state index in [9.17, 15) is 13.6 Å². The molecule has 0 aliphatic heterocycles. The first-order valence-corrected chi connectivity index (χ1v) is 9.14. The molecule has 0 unspecified atom stereocenters. The molecule has 1 aromatic carbocycles. The molecule has 0 saturated heterocycles. The number of fused-ring (bicyclic) bond motifs is 5. The van der Waals surface area contributed by atoms with Gasteiger partial charge < -0.3 is 5.32 Å². The third kappa shape index (κ3) is 2.54. The van der Waals surface area contributed by atoms with Gasteiger partial charge in [-0.05, 0) is 53.7 Å². The molecule has 3 atom stereocenters. The van der Waals surface area contributed by atoms with E-state index in [1.54, 1.807) is 0 Å². The van der Waals surface area contributed by atoms with Gasteiger partial charge in [0.1, 0.15) is 5.69 Å². The van der Waals surface area contributed by atoms with Crippen LogP contribution in [0.2, 0.25) is 0 Å². The maximum Gasteiger partial charge on any atom is 0.282 e. The normalized spacial score (nSPS) is 23.7. The van der Waals surface area contributed by atoms with Crippen molar-refractivity contribution in [3.8, 4) is 0 Å². The molecule has 2 aliphatic carbocycles. The smallest absolute Gasteiger partial charge is 0.282 e. The molecule has 2 aromatic rings. The van der Waals surface area contributed by atoms with Crippen LogP contribution >= 0.6 is 0 Å². The number of anilines is 1. The van der Waals surface area contributed by atoms with Gasteiger partial charge in [-0.25, -0.2) is 8.78 Å². The van der Waals surface area contributed by atoms with Crippen molar-refractivity contribution in [2.75, 3.05) is 5.32 Å². The third-order valence-electron chi connectivity index (χ3n) is 5.95. The second-order valence-electron chi connectivity index (χ2n) is 7.78. The van der Waals surface area contributed by atoms with Crippen LogP contribution in [0.4, 0.5) is 14.5 Å². The molecule has 1 aromatic heterocycles. The van der Waals surface area contributed by atoms with Crippen LogP contribution in [-0.4, -0.2) is 15.7 Å². The molecular formula is C20H23F2N3O. The van der Waals surface area contributed by atoms with Gasteiger partial charge in [0.25, 0.3) is 12.3 Å². The Morgan fingerprint density at radius 3 is 2.69 bits per heavy atom. The Bertz CT molecular complexity index is 859. The molecule has 1 N–H and O–H groups in total. The van der Waals surface area contributed by atoms with E-state index in [2.05, 4.69) is 30.3 Å². The fourth-order valence-electron chi connectivity index (χ4n) is 5.11. The number of nitrogens with zero attached hydrogens (tertiary/aromatic N) is 2. The number of halogens is 2. The highest BCUT2D eigenvalue weighted by molar-refractivity contribution is 6.05. The van der Waals surface area contributed by atoms with Gasteiger partial charge in [0, 0.05) is 18.9 Å². The van der Waals surface area contributed by atoms with Crippen LogP contribution in [0.3, 0.4) is 0 Å². The number of carbonyl (C=O) groups is 1. The number of amides is 1. The number of carbonyl (C=O) groups excluding carboxylic acids is 1. The number of aromatic nitrogens is 2. The van der Waals surface area contributed by atoms with E-state index in [1.807, 2.05) is 12.1 Å². The lowest BCUT2D eigenvalue weighted by atomic mass is 9.85. The highest BCUT2D eigenvalue weighted by atomic mass is 19.3. The first kappa shape index (κ1) is 17.2. The fourth-order valence-corrected chi connectivity index (χ4v) is 5.11. The van der Waals surface area contributed by atoms with Crippen molar-refractivity contribution in [2.45, 2.75) is 45.0 Å². The van der Waals surface area contributed by atoms with Crippen LogP contribution in [0.25, 0.3) is 0 Å². The quantitative estimate of drug-likeness (QED) is 0.848. The fraction of sp³-hybridized carbons (Fsp3) is 0.500. The van der Waals surface area contributed by atoms with Crippen LogP contribution in [0.5, 0.6) is 0 Å². The van der Waals surface area contributed by atoms with E-state index in [-0.39, 0.29) is 5.56 Å². The number of benzene rings is 1. The summed E-state index contributed by atoms with van der Waals surface area (Å²) in [7, 11) is 1.54. The maximum atomic E-state index is 13.2. The van der Waals surface area contributed by atoms with Crippen LogP contribution in [0, 0.1) is 11.8 Å². The maximum absolute atomic E-state index is 13.2. The molecule has 4 nitrogen and oxygen atoms in total. The molecule has 2 bridgehead atoms. The summed E-state index contributed by atoms with van der Waals surface area (Å²) in [5, 5.41) is 6.61. The lowest BCUT2D eigenvalue weighted by Crippen LogP contribution is -2.16. The minimum Gasteiger partial charge on any atom is -0.322 e. The van der Waals surface area contributed by atoms with Gasteiger partial charge in [0.05, 0.1) is 5.56 Å². The summed E-state index contributed by atoms with van der Waals surface area (Å²) in [5.41, 5.74) is 2.74. The SMILES string of the molecule is CC(C)[C@@H]1[C@H]2CC[C@H]1c1c(NC(=O)c3cn(C)nc3C(F)F)cccc12. The average molecular weight is 359 g/mol. The molecule has 138 valence electrons. The lowest BCUT2D eigenvalue weighted by Gasteiger charge is -2.21. The van der Waals surface area contributed by atoms with E-state index in [4.69, 9.17) is 0 Å². The lowest BCUT2D eigenvalue weighted by molar-refractivity contribution is 0.101. The van der Waals surface area contributed by atoms with E-state index in [0.29, 0.717) is 23.7 Å². The molecule has 6 heteroatoms. The van der Waals surface area contributed by atoms with Gasteiger partial charge in [-0.15, -0.1) is 0 Å². The van der Waals surface area contributed by atoms with E-state index in [1.165, 1.54) is 35.5 Å². The first-order chi connectivity index (χ1) is 12.4. The second kappa shape index (κ2) is 6.18. The predicted octanol–water partition coefficient (Wildman–Crippen LogP) is 4.86. The van der Waals surface area contributed by atoms with Gasteiger partial charge in [-0.1, -0.05) is 26.0 Å². The van der Waals surface area contributed by atoms with E-state index < -0.39 is 18.0 Å². The summed E-state index contributed by atoms with van der Waals surface area (Å²) < 4.78 is 27.6. The van der Waals surface area contributed by atoms with Crippen LogP contribution in [0.1, 0.15) is 72.1 Å². The average Bonchev–Trinajstić information content (AvgIpc) is 3.26. The highest BCUT2D eigenvalue weighted by Gasteiger charge is 2.48. The van der Waals surface area contributed by atoms with Gasteiger partial charge in [-0.2, -0.15) is 5.10 Å². The van der Waals surface area contributed by atoms with E-state index in [0.717, 1.165) is 12.1 Å².